The molecule has 0 saturated carbocycles. The molecule has 182 valence electrons. The topological polar surface area (TPSA) is 108 Å². The van der Waals surface area contributed by atoms with Crippen molar-refractivity contribution in [1.29, 1.82) is 0 Å². The highest BCUT2D eigenvalue weighted by Gasteiger charge is 2.38. The minimum Gasteiger partial charge on any atom is -0.391 e. The molecule has 8 nitrogen and oxygen atoms in total. The first kappa shape index (κ1) is 24.3. The van der Waals surface area contributed by atoms with E-state index in [2.05, 4.69) is 14.9 Å². The number of aryl methyl sites for hydroxylation is 1. The van der Waals surface area contributed by atoms with Crippen LogP contribution >= 0.6 is 0 Å². The van der Waals surface area contributed by atoms with Crippen LogP contribution in [0.5, 0.6) is 0 Å². The molecule has 3 atom stereocenters. The number of aromatic nitrogens is 2. The molecule has 0 radical (unpaired) electrons. The van der Waals surface area contributed by atoms with Crippen LogP contribution in [0, 0.1) is 19.7 Å². The van der Waals surface area contributed by atoms with Gasteiger partial charge in [0, 0.05) is 12.5 Å². The number of aromatic amines is 1. The fourth-order valence-corrected chi connectivity index (χ4v) is 6.39. The van der Waals surface area contributed by atoms with Gasteiger partial charge in [-0.15, -0.1) is 5.10 Å². The van der Waals surface area contributed by atoms with Crippen molar-refractivity contribution in [2.24, 2.45) is 0 Å². The van der Waals surface area contributed by atoms with Gasteiger partial charge in [0.05, 0.1) is 6.04 Å². The first-order valence-corrected chi connectivity index (χ1v) is 12.8. The van der Waals surface area contributed by atoms with Crippen molar-refractivity contribution >= 4 is 10.2 Å². The van der Waals surface area contributed by atoms with E-state index in [1.807, 2.05) is 37.3 Å². The van der Waals surface area contributed by atoms with Crippen molar-refractivity contribution in [3.05, 3.63) is 87.0 Å². The minimum atomic E-state index is -4.06. The quantitative estimate of drug-likeness (QED) is 0.522. The summed E-state index contributed by atoms with van der Waals surface area (Å²) in [5.74, 6) is -2.12. The smallest absolute Gasteiger partial charge is 0.391 e. The van der Waals surface area contributed by atoms with Gasteiger partial charge < -0.3 is 4.42 Å². The number of hydrogen-bond acceptors (Lipinski definition) is 5. The Morgan fingerprint density at radius 2 is 1.91 bits per heavy atom. The number of H-pyrrole nitrogens is 1. The average molecular weight is 489 g/mol. The second kappa shape index (κ2) is 9.81. The minimum absolute atomic E-state index is 0.144. The molecule has 2 N–H and O–H groups in total. The summed E-state index contributed by atoms with van der Waals surface area (Å²) in [6, 6.07) is 11.1. The van der Waals surface area contributed by atoms with Crippen molar-refractivity contribution in [3.63, 3.8) is 0 Å². The molecule has 0 bridgehead atoms. The molecule has 1 aromatic heterocycles. The van der Waals surface area contributed by atoms with Crippen LogP contribution in [0.15, 0.2) is 51.7 Å². The third-order valence-corrected chi connectivity index (χ3v) is 8.24. The van der Waals surface area contributed by atoms with Gasteiger partial charge in [-0.1, -0.05) is 49.7 Å². The van der Waals surface area contributed by atoms with Crippen molar-refractivity contribution in [2.75, 3.05) is 6.54 Å². The number of hydrogen-bond donors (Lipinski definition) is 2. The van der Waals surface area contributed by atoms with E-state index in [4.69, 9.17) is 4.42 Å². The fraction of sp³-hybridized carbons (Fsp3) is 0.417. The van der Waals surface area contributed by atoms with Crippen molar-refractivity contribution in [2.45, 2.75) is 58.0 Å². The summed E-state index contributed by atoms with van der Waals surface area (Å²) in [5, 5.41) is 6.06. The Labute approximate surface area is 198 Å². The second-order valence-corrected chi connectivity index (χ2v) is 10.4. The predicted molar refractivity (Wildman–Crippen MR) is 126 cm³/mol. The van der Waals surface area contributed by atoms with E-state index in [0.29, 0.717) is 24.1 Å². The van der Waals surface area contributed by atoms with Gasteiger partial charge in [-0.25, -0.2) is 14.3 Å². The largest absolute Gasteiger partial charge is 0.434 e. The summed E-state index contributed by atoms with van der Waals surface area (Å²) in [6.45, 7) is 5.68. The molecule has 0 spiro atoms. The Balaban J connectivity index is 1.73. The molecule has 1 unspecified atom stereocenters. The molecular weight excluding hydrogens is 459 g/mol. The van der Waals surface area contributed by atoms with Gasteiger partial charge in [0.15, 0.2) is 0 Å². The third-order valence-electron chi connectivity index (χ3n) is 6.63. The monoisotopic (exact) mass is 488 g/mol. The molecule has 2 aromatic carbocycles. The van der Waals surface area contributed by atoms with E-state index in [9.17, 15) is 17.6 Å². The van der Waals surface area contributed by atoms with Crippen LogP contribution in [0.2, 0.25) is 0 Å². The van der Waals surface area contributed by atoms with Crippen LogP contribution in [0.4, 0.5) is 4.39 Å². The lowest BCUT2D eigenvalue weighted by molar-refractivity contribution is 0.248. The summed E-state index contributed by atoms with van der Waals surface area (Å²) in [5.41, 5.74) is 2.82. The number of nitrogens with one attached hydrogen (secondary N) is 2. The van der Waals surface area contributed by atoms with E-state index in [0.717, 1.165) is 24.0 Å². The Kier molecular flexibility index (Phi) is 7.01. The molecule has 2 heterocycles. The maximum atomic E-state index is 14.9. The summed E-state index contributed by atoms with van der Waals surface area (Å²) in [4.78, 5) is 11.7. The maximum Gasteiger partial charge on any atom is 0.434 e. The molecule has 0 amide bonds. The fourth-order valence-electron chi connectivity index (χ4n) is 4.70. The molecule has 0 aliphatic carbocycles. The number of piperidine rings is 1. The molecular formula is C24H29FN4O4S. The number of halogens is 1. The number of benzene rings is 2. The second-order valence-electron chi connectivity index (χ2n) is 8.78. The van der Waals surface area contributed by atoms with Gasteiger partial charge >= 0.3 is 5.76 Å². The number of rotatable bonds is 7. The van der Waals surface area contributed by atoms with E-state index in [1.54, 1.807) is 19.9 Å². The molecule has 3 aromatic rings. The average Bonchev–Trinajstić information content (AvgIpc) is 3.26. The standard InChI is InChI=1S/C24H29FN4O4S/c1-15-12-13-19(25)21(16(15)2)17(3)22(23-26-27-24(30)33-23)28-34(31,32)29-14-8-7-11-20(29)18-9-5-4-6-10-18/h4-6,9-10,12-13,17,20,22,28H,7-8,11,14H2,1-3H3,(H,27,30)/t17-,20?,22-/m0/s1. The van der Waals surface area contributed by atoms with Crippen molar-refractivity contribution < 1.29 is 17.2 Å². The SMILES string of the molecule is Cc1ccc(F)c([C@H](C)[C@H](NS(=O)(=O)N2CCCCC2c2ccccc2)c2n[nH]c(=O)o2)c1C. The van der Waals surface area contributed by atoms with E-state index < -0.39 is 33.7 Å². The highest BCUT2D eigenvalue weighted by Crippen LogP contribution is 2.37. The zero-order valence-electron chi connectivity index (χ0n) is 19.4. The third kappa shape index (κ3) is 4.84. The van der Waals surface area contributed by atoms with Crippen molar-refractivity contribution in [1.82, 2.24) is 19.2 Å². The van der Waals surface area contributed by atoms with Gasteiger partial charge in [-0.05, 0) is 55.0 Å². The Morgan fingerprint density at radius 1 is 1.18 bits per heavy atom. The van der Waals surface area contributed by atoms with Crippen LogP contribution in [0.1, 0.15) is 72.3 Å². The summed E-state index contributed by atoms with van der Waals surface area (Å²) in [6.07, 6.45) is 2.33. The predicted octanol–water partition coefficient (Wildman–Crippen LogP) is 4.03. The molecule has 34 heavy (non-hydrogen) atoms. The zero-order valence-corrected chi connectivity index (χ0v) is 20.2. The van der Waals surface area contributed by atoms with Crippen LogP contribution in [-0.4, -0.2) is 29.5 Å². The molecule has 10 heteroatoms. The van der Waals surface area contributed by atoms with Gasteiger partial charge in [-0.3, -0.25) is 0 Å². The molecule has 1 saturated heterocycles. The van der Waals surface area contributed by atoms with E-state index in [-0.39, 0.29) is 11.9 Å². The highest BCUT2D eigenvalue weighted by molar-refractivity contribution is 7.87. The van der Waals surface area contributed by atoms with E-state index in [1.165, 1.54) is 10.4 Å². The molecule has 1 aliphatic rings. The van der Waals surface area contributed by atoms with Crippen LogP contribution in [0.25, 0.3) is 0 Å². The lowest BCUT2D eigenvalue weighted by Crippen LogP contribution is -2.47. The van der Waals surface area contributed by atoms with Gasteiger partial charge in [0.2, 0.25) is 5.89 Å². The molecule has 4 rings (SSSR count). The normalized spacial score (nSPS) is 19.1. The zero-order chi connectivity index (χ0) is 24.5. The van der Waals surface area contributed by atoms with Crippen LogP contribution < -0.4 is 10.5 Å². The first-order valence-electron chi connectivity index (χ1n) is 11.3. The lowest BCUT2D eigenvalue weighted by Gasteiger charge is -2.36. The van der Waals surface area contributed by atoms with Crippen LogP contribution in [0.3, 0.4) is 0 Å². The molecule has 1 fully saturated rings. The number of nitrogens with zero attached hydrogens (tertiary/aromatic N) is 2. The summed E-state index contributed by atoms with van der Waals surface area (Å²) < 4.78 is 51.6. The summed E-state index contributed by atoms with van der Waals surface area (Å²) >= 11 is 0. The maximum absolute atomic E-state index is 14.9. The Morgan fingerprint density at radius 3 is 2.59 bits per heavy atom. The lowest BCUT2D eigenvalue weighted by atomic mass is 9.88. The Hall–Kier alpha value is -2.82. The first-order chi connectivity index (χ1) is 16.2. The van der Waals surface area contributed by atoms with Gasteiger partial charge in [0.1, 0.15) is 11.9 Å². The Bertz CT molecular complexity index is 1310. The molecule has 1 aliphatic heterocycles. The van der Waals surface area contributed by atoms with Gasteiger partial charge in [-0.2, -0.15) is 17.4 Å². The van der Waals surface area contributed by atoms with Crippen LogP contribution in [-0.2, 0) is 10.2 Å². The van der Waals surface area contributed by atoms with Crippen molar-refractivity contribution in [3.8, 4) is 0 Å². The highest BCUT2D eigenvalue weighted by atomic mass is 32.2. The summed E-state index contributed by atoms with van der Waals surface area (Å²) in [7, 11) is -4.06. The van der Waals surface area contributed by atoms with E-state index >= 15 is 0 Å². The van der Waals surface area contributed by atoms with Gasteiger partial charge in [0.25, 0.3) is 10.2 Å².